The molecule has 0 radical (unpaired) electrons. The predicted octanol–water partition coefficient (Wildman–Crippen LogP) is 2.68. The van der Waals surface area contributed by atoms with E-state index in [9.17, 15) is 9.90 Å². The molecule has 0 spiro atoms. The first-order valence-corrected chi connectivity index (χ1v) is 10.8. The molecule has 2 atom stereocenters. The van der Waals surface area contributed by atoms with E-state index in [4.69, 9.17) is 4.74 Å². The summed E-state index contributed by atoms with van der Waals surface area (Å²) in [7, 11) is 0. The summed E-state index contributed by atoms with van der Waals surface area (Å²) in [6.07, 6.45) is 1.71. The van der Waals surface area contributed by atoms with Gasteiger partial charge in [-0.15, -0.1) is 0 Å². The zero-order chi connectivity index (χ0) is 21.3. The molecule has 1 aliphatic rings. The molecule has 4 rings (SSSR count). The number of hydrogen-bond donors (Lipinski definition) is 2. The van der Waals surface area contributed by atoms with E-state index >= 15 is 0 Å². The number of aromatic nitrogens is 4. The molecule has 2 aromatic heterocycles. The van der Waals surface area contributed by atoms with Crippen molar-refractivity contribution in [1.82, 2.24) is 19.7 Å². The highest BCUT2D eigenvalue weighted by molar-refractivity contribution is 9.10. The molecule has 1 unspecified atom stereocenters. The molecule has 3 aromatic rings. The van der Waals surface area contributed by atoms with Crippen LogP contribution in [0.2, 0.25) is 0 Å². The average Bonchev–Trinajstić information content (AvgIpc) is 3.25. The minimum absolute atomic E-state index is 0.103. The van der Waals surface area contributed by atoms with Gasteiger partial charge in [-0.2, -0.15) is 10.1 Å². The maximum Gasteiger partial charge on any atom is 0.225 e. The second-order valence-corrected chi connectivity index (χ2v) is 8.32. The summed E-state index contributed by atoms with van der Waals surface area (Å²) in [6.45, 7) is 5.70. The predicted molar refractivity (Wildman–Crippen MR) is 117 cm³/mol. The molecule has 1 aromatic carbocycles. The van der Waals surface area contributed by atoms with Crippen LogP contribution >= 0.6 is 15.9 Å². The molecule has 2 N–H and O–H groups in total. The number of ketones is 1. The van der Waals surface area contributed by atoms with Crippen molar-refractivity contribution >= 4 is 38.7 Å². The normalized spacial score (nSPS) is 16.8. The van der Waals surface area contributed by atoms with Crippen molar-refractivity contribution < 1.29 is 14.6 Å². The van der Waals surface area contributed by atoms with Gasteiger partial charge in [-0.05, 0) is 37.1 Å². The first kappa shape index (κ1) is 20.9. The lowest BCUT2D eigenvalue weighted by Crippen LogP contribution is -2.18. The van der Waals surface area contributed by atoms with Crippen LogP contribution in [0.1, 0.15) is 36.6 Å². The number of nitrogens with zero attached hydrogens (tertiary/aromatic N) is 4. The molecule has 1 aliphatic carbocycles. The fraction of sp³-hybridized carbons (Fsp3) is 0.429. The third kappa shape index (κ3) is 4.23. The van der Waals surface area contributed by atoms with Gasteiger partial charge in [0.25, 0.3) is 0 Å². The lowest BCUT2D eigenvalue weighted by molar-refractivity contribution is -0.118. The Bertz CT molecular complexity index is 1080. The number of ether oxygens (including phenoxy) is 1. The van der Waals surface area contributed by atoms with E-state index in [1.165, 1.54) is 0 Å². The molecule has 0 amide bonds. The molecule has 8 nitrogen and oxygen atoms in total. The summed E-state index contributed by atoms with van der Waals surface area (Å²) in [5.41, 5.74) is 3.12. The smallest absolute Gasteiger partial charge is 0.225 e. The van der Waals surface area contributed by atoms with Crippen LogP contribution in [0.5, 0.6) is 0 Å². The van der Waals surface area contributed by atoms with Gasteiger partial charge in [-0.25, -0.2) is 4.98 Å². The van der Waals surface area contributed by atoms with Crippen LogP contribution in [0.4, 0.5) is 5.95 Å². The second kappa shape index (κ2) is 8.79. The maximum absolute atomic E-state index is 13.0. The lowest BCUT2D eigenvalue weighted by Gasteiger charge is -2.14. The summed E-state index contributed by atoms with van der Waals surface area (Å²) in [5, 5.41) is 18.0. The Morgan fingerprint density at radius 3 is 3.00 bits per heavy atom. The van der Waals surface area contributed by atoms with Crippen LogP contribution in [0.3, 0.4) is 0 Å². The number of benzene rings is 1. The van der Waals surface area contributed by atoms with Gasteiger partial charge in [-0.1, -0.05) is 22.0 Å². The average molecular weight is 474 g/mol. The van der Waals surface area contributed by atoms with Gasteiger partial charge >= 0.3 is 0 Å². The molecule has 9 heteroatoms. The largest absolute Gasteiger partial charge is 0.392 e. The van der Waals surface area contributed by atoms with Crippen molar-refractivity contribution in [3.63, 3.8) is 0 Å². The van der Waals surface area contributed by atoms with Crippen molar-refractivity contribution in [3.05, 3.63) is 45.7 Å². The molecule has 158 valence electrons. The van der Waals surface area contributed by atoms with E-state index in [0.29, 0.717) is 50.0 Å². The summed E-state index contributed by atoms with van der Waals surface area (Å²) in [4.78, 5) is 22.2. The standard InChI is InChI=1S/C21H24BrN5O3/c1-3-30-7-6-27-11-16-19(24-21(23-10-12(2)28)25-20(16)26-27)18-15-9-14(22)5-4-13(15)8-17(18)29/h4-5,9,11-12,18,28H,3,6-8,10H2,1-2H3,(H,23,25,26)/t12-,18?/m1/s1. The van der Waals surface area contributed by atoms with E-state index in [-0.39, 0.29) is 5.78 Å². The number of halogens is 1. The van der Waals surface area contributed by atoms with Crippen molar-refractivity contribution in [2.45, 2.75) is 38.8 Å². The minimum Gasteiger partial charge on any atom is -0.392 e. The lowest BCUT2D eigenvalue weighted by atomic mass is 9.95. The number of Topliss-reactive ketones (excluding diaryl/α,β-unsaturated/α-hetero) is 1. The van der Waals surface area contributed by atoms with Gasteiger partial charge < -0.3 is 15.2 Å². The number of carbonyl (C=O) groups is 1. The Hall–Kier alpha value is -2.36. The first-order chi connectivity index (χ1) is 14.5. The Balaban J connectivity index is 1.80. The fourth-order valence-corrected chi connectivity index (χ4v) is 4.07. The van der Waals surface area contributed by atoms with Crippen LogP contribution < -0.4 is 5.32 Å². The van der Waals surface area contributed by atoms with Gasteiger partial charge in [0.15, 0.2) is 11.4 Å². The molecule has 0 saturated carbocycles. The molecule has 0 saturated heterocycles. The van der Waals surface area contributed by atoms with Crippen LogP contribution in [0.15, 0.2) is 28.9 Å². The highest BCUT2D eigenvalue weighted by Gasteiger charge is 2.35. The highest BCUT2D eigenvalue weighted by Crippen LogP contribution is 2.39. The Morgan fingerprint density at radius 1 is 1.40 bits per heavy atom. The van der Waals surface area contributed by atoms with E-state index in [1.807, 2.05) is 31.3 Å². The minimum atomic E-state index is -0.554. The summed E-state index contributed by atoms with van der Waals surface area (Å²) in [5.74, 6) is -0.0176. The number of aliphatic hydroxyl groups is 1. The topological polar surface area (TPSA) is 102 Å². The van der Waals surface area contributed by atoms with Crippen LogP contribution in [-0.2, 0) is 22.5 Å². The SMILES string of the molecule is CCOCCn1cc2c(C3C(=O)Cc4ccc(Br)cc43)nc(NC[C@@H](C)O)nc2n1. The first-order valence-electron chi connectivity index (χ1n) is 10.0. The number of nitrogens with one attached hydrogen (secondary N) is 1. The van der Waals surface area contributed by atoms with Crippen molar-refractivity contribution in [3.8, 4) is 0 Å². The maximum atomic E-state index is 13.0. The Kier molecular flexibility index (Phi) is 6.12. The Morgan fingerprint density at radius 2 is 2.23 bits per heavy atom. The van der Waals surface area contributed by atoms with Gasteiger partial charge in [-0.3, -0.25) is 9.48 Å². The quantitative estimate of drug-likeness (QED) is 0.484. The van der Waals surface area contributed by atoms with E-state index in [1.54, 1.807) is 11.6 Å². The molecule has 0 fully saturated rings. The van der Waals surface area contributed by atoms with E-state index < -0.39 is 12.0 Å². The van der Waals surface area contributed by atoms with Gasteiger partial charge in [0.2, 0.25) is 5.95 Å². The molecular formula is C21H24BrN5O3. The number of fused-ring (bicyclic) bond motifs is 2. The van der Waals surface area contributed by atoms with Gasteiger partial charge in [0.05, 0.1) is 36.3 Å². The van der Waals surface area contributed by atoms with Gasteiger partial charge in [0, 0.05) is 30.2 Å². The van der Waals surface area contributed by atoms with Crippen molar-refractivity contribution in [2.75, 3.05) is 25.1 Å². The number of anilines is 1. The number of rotatable bonds is 8. The van der Waals surface area contributed by atoms with Crippen LogP contribution in [-0.4, -0.2) is 56.5 Å². The monoisotopic (exact) mass is 473 g/mol. The van der Waals surface area contributed by atoms with E-state index in [0.717, 1.165) is 21.0 Å². The fourth-order valence-electron chi connectivity index (χ4n) is 3.69. The zero-order valence-electron chi connectivity index (χ0n) is 16.9. The van der Waals surface area contributed by atoms with Crippen LogP contribution in [0.25, 0.3) is 11.0 Å². The second-order valence-electron chi connectivity index (χ2n) is 7.41. The molecule has 0 bridgehead atoms. The molecule has 2 heterocycles. The zero-order valence-corrected chi connectivity index (χ0v) is 18.5. The van der Waals surface area contributed by atoms with E-state index in [2.05, 4.69) is 36.3 Å². The van der Waals surface area contributed by atoms with Gasteiger partial charge in [0.1, 0.15) is 0 Å². The number of aliphatic hydroxyl groups excluding tert-OH is 1. The third-order valence-corrected chi connectivity index (χ3v) is 5.55. The number of carbonyl (C=O) groups excluding carboxylic acids is 1. The summed E-state index contributed by atoms with van der Waals surface area (Å²) >= 11 is 3.51. The Labute approximate surface area is 182 Å². The highest BCUT2D eigenvalue weighted by atomic mass is 79.9. The third-order valence-electron chi connectivity index (χ3n) is 5.06. The number of hydrogen-bond acceptors (Lipinski definition) is 7. The molecule has 30 heavy (non-hydrogen) atoms. The summed E-state index contributed by atoms with van der Waals surface area (Å²) in [6, 6.07) is 5.92. The van der Waals surface area contributed by atoms with Crippen LogP contribution in [0, 0.1) is 0 Å². The molecular weight excluding hydrogens is 450 g/mol. The summed E-state index contributed by atoms with van der Waals surface area (Å²) < 4.78 is 8.13. The van der Waals surface area contributed by atoms with Crippen molar-refractivity contribution in [1.29, 1.82) is 0 Å². The van der Waals surface area contributed by atoms with Crippen molar-refractivity contribution in [2.24, 2.45) is 0 Å². The molecule has 0 aliphatic heterocycles.